The van der Waals surface area contributed by atoms with Crippen LogP contribution in [0.5, 0.6) is 0 Å². The third-order valence-electron chi connectivity index (χ3n) is 9.98. The molecule has 73 heavy (non-hydrogen) atoms. The SMILES string of the molecule is CC(=O)NC(NC(C)C=O)C(=O)NC(NC(C=O)CO)C(=O)NC(NC(C=O)CCC(N)=O)C(=O)NC(NC(C=O)CCC(N)=O)C(=O)NC(NC(C=O)C(C)O)C(=O)NC(C)NC(C=O)Cc1ccccc1. The van der Waals surface area contributed by atoms with Gasteiger partial charge in [0.1, 0.15) is 37.7 Å². The molecule has 0 aromatic heterocycles. The molecule has 0 saturated carbocycles. The molecule has 13 atom stereocenters. The van der Waals surface area contributed by atoms with Crippen molar-refractivity contribution in [1.29, 1.82) is 0 Å². The summed E-state index contributed by atoms with van der Waals surface area (Å²) in [6, 6.07) is 0.728. The lowest BCUT2D eigenvalue weighted by molar-refractivity contribution is -0.137. The lowest BCUT2D eigenvalue weighted by Crippen LogP contribution is -2.70. The van der Waals surface area contributed by atoms with Crippen LogP contribution in [0.15, 0.2) is 30.3 Å². The molecular formula is C43H66N14O16. The molecule has 0 fully saturated rings. The molecule has 0 bridgehead atoms. The average molecular weight is 1040 g/mol. The van der Waals surface area contributed by atoms with E-state index >= 15 is 0 Å². The normalized spacial score (nSPS) is 16.4. The Morgan fingerprint density at radius 3 is 1.26 bits per heavy atom. The summed E-state index contributed by atoms with van der Waals surface area (Å²) in [5, 5.41) is 48.4. The lowest BCUT2D eigenvalue weighted by atomic mass is 10.1. The van der Waals surface area contributed by atoms with E-state index < -0.39 is 159 Å². The van der Waals surface area contributed by atoms with Crippen LogP contribution in [0, 0.1) is 0 Å². The van der Waals surface area contributed by atoms with E-state index in [0.29, 0.717) is 12.6 Å². The van der Waals surface area contributed by atoms with E-state index in [4.69, 9.17) is 11.5 Å². The van der Waals surface area contributed by atoms with Crippen LogP contribution < -0.4 is 75.3 Å². The first-order valence-corrected chi connectivity index (χ1v) is 22.5. The molecule has 0 aliphatic carbocycles. The second-order valence-corrected chi connectivity index (χ2v) is 16.3. The van der Waals surface area contributed by atoms with E-state index in [2.05, 4.69) is 63.8 Å². The van der Waals surface area contributed by atoms with Crippen LogP contribution in [0.2, 0.25) is 0 Å². The summed E-state index contributed by atoms with van der Waals surface area (Å²) < 4.78 is 0. The number of carbonyl (C=O) groups is 14. The van der Waals surface area contributed by atoms with Crippen LogP contribution in [0.3, 0.4) is 0 Å². The summed E-state index contributed by atoms with van der Waals surface area (Å²) in [5.74, 6) is -9.21. The number of hydrogen-bond donors (Lipinski definition) is 16. The van der Waals surface area contributed by atoms with Gasteiger partial charge in [-0.15, -0.1) is 0 Å². The van der Waals surface area contributed by atoms with Gasteiger partial charge in [0.15, 0.2) is 30.8 Å². The molecule has 18 N–H and O–H groups in total. The Morgan fingerprint density at radius 1 is 0.507 bits per heavy atom. The number of aliphatic hydroxyl groups is 2. The van der Waals surface area contributed by atoms with E-state index in [-0.39, 0.29) is 31.6 Å². The van der Waals surface area contributed by atoms with Gasteiger partial charge in [-0.25, -0.2) is 0 Å². The van der Waals surface area contributed by atoms with Gasteiger partial charge in [-0.3, -0.25) is 70.3 Å². The Hall–Kier alpha value is -7.32. The number of aliphatic hydroxyl groups excluding tert-OH is 2. The molecule has 1 aromatic rings. The van der Waals surface area contributed by atoms with Crippen LogP contribution in [-0.2, 0) is 73.5 Å². The number of hydrogen-bond acceptors (Lipinski definition) is 22. The number of primary amides is 2. The van der Waals surface area contributed by atoms with Gasteiger partial charge < -0.3 is 82.3 Å². The zero-order valence-corrected chi connectivity index (χ0v) is 40.4. The summed E-state index contributed by atoms with van der Waals surface area (Å²) in [5.41, 5.74) is 11.3. The highest BCUT2D eigenvalue weighted by atomic mass is 16.3. The molecule has 0 aliphatic rings. The van der Waals surface area contributed by atoms with Crippen LogP contribution in [0.1, 0.15) is 58.9 Å². The maximum absolute atomic E-state index is 14.3. The predicted octanol–water partition coefficient (Wildman–Crippen LogP) is -9.21. The molecule has 30 heteroatoms. The molecule has 0 spiro atoms. The second-order valence-electron chi connectivity index (χ2n) is 16.3. The Labute approximate surface area is 418 Å². The quantitative estimate of drug-likeness (QED) is 0.0215. The summed E-state index contributed by atoms with van der Waals surface area (Å²) in [6.07, 6.45) is -12.6. The highest BCUT2D eigenvalue weighted by Crippen LogP contribution is 2.04. The van der Waals surface area contributed by atoms with Gasteiger partial charge in [-0.2, -0.15) is 0 Å². The third kappa shape index (κ3) is 25.1. The van der Waals surface area contributed by atoms with Crippen molar-refractivity contribution in [2.45, 2.75) is 139 Å². The van der Waals surface area contributed by atoms with E-state index in [1.54, 1.807) is 30.3 Å². The van der Waals surface area contributed by atoms with Crippen molar-refractivity contribution in [3.05, 3.63) is 35.9 Å². The van der Waals surface area contributed by atoms with Crippen molar-refractivity contribution in [2.24, 2.45) is 11.5 Å². The number of benzene rings is 1. The minimum atomic E-state index is -2.22. The minimum Gasteiger partial charge on any atom is -0.394 e. The molecule has 0 radical (unpaired) electrons. The number of nitrogens with two attached hydrogens (primary N) is 2. The first-order valence-electron chi connectivity index (χ1n) is 22.5. The third-order valence-corrected chi connectivity index (χ3v) is 9.98. The maximum Gasteiger partial charge on any atom is 0.259 e. The molecule has 0 aliphatic heterocycles. The fourth-order valence-corrected chi connectivity index (χ4v) is 6.23. The minimum absolute atomic E-state index is 0.127. The van der Waals surface area contributed by atoms with E-state index in [1.807, 2.05) is 0 Å². The molecule has 8 amide bonds. The maximum atomic E-state index is 14.3. The summed E-state index contributed by atoms with van der Waals surface area (Å²) in [7, 11) is 0. The Balaban J connectivity index is 3.84. The van der Waals surface area contributed by atoms with Crippen LogP contribution in [-0.4, -0.2) is 181 Å². The van der Waals surface area contributed by atoms with Gasteiger partial charge in [-0.05, 0) is 45.6 Å². The van der Waals surface area contributed by atoms with Gasteiger partial charge in [0, 0.05) is 19.8 Å². The van der Waals surface area contributed by atoms with Crippen molar-refractivity contribution in [3.8, 4) is 0 Å². The second kappa shape index (κ2) is 34.1. The topological polar surface area (TPSA) is 476 Å². The molecule has 30 nitrogen and oxygen atoms in total. The molecule has 0 saturated heterocycles. The number of aldehydes is 6. The van der Waals surface area contributed by atoms with Crippen molar-refractivity contribution < 1.29 is 77.3 Å². The first-order chi connectivity index (χ1) is 34.5. The Kier molecular flexibility index (Phi) is 29.8. The van der Waals surface area contributed by atoms with E-state index in [0.717, 1.165) is 12.5 Å². The Bertz CT molecular complexity index is 2050. The Morgan fingerprint density at radius 2 is 0.904 bits per heavy atom. The van der Waals surface area contributed by atoms with Crippen molar-refractivity contribution in [3.63, 3.8) is 0 Å². The molecule has 404 valence electrons. The van der Waals surface area contributed by atoms with Gasteiger partial charge >= 0.3 is 0 Å². The number of carbonyl (C=O) groups excluding carboxylic acids is 14. The fourth-order valence-electron chi connectivity index (χ4n) is 6.23. The van der Waals surface area contributed by atoms with Crippen molar-refractivity contribution in [1.82, 2.24) is 63.8 Å². The van der Waals surface area contributed by atoms with Crippen molar-refractivity contribution >= 4 is 85.0 Å². The number of rotatable bonds is 39. The van der Waals surface area contributed by atoms with Gasteiger partial charge in [0.2, 0.25) is 17.7 Å². The van der Waals surface area contributed by atoms with Crippen LogP contribution in [0.25, 0.3) is 0 Å². The largest absolute Gasteiger partial charge is 0.394 e. The van der Waals surface area contributed by atoms with Crippen LogP contribution >= 0.6 is 0 Å². The highest BCUT2D eigenvalue weighted by Gasteiger charge is 2.36. The molecule has 13 unspecified atom stereocenters. The summed E-state index contributed by atoms with van der Waals surface area (Å²) in [6.45, 7) is 3.95. The summed E-state index contributed by atoms with van der Waals surface area (Å²) >= 11 is 0. The summed E-state index contributed by atoms with van der Waals surface area (Å²) in [4.78, 5) is 177. The van der Waals surface area contributed by atoms with E-state index in [9.17, 15) is 77.3 Å². The molecule has 1 rings (SSSR count). The fraction of sp³-hybridized carbons (Fsp3) is 0.535. The van der Waals surface area contributed by atoms with Crippen molar-refractivity contribution in [2.75, 3.05) is 6.61 Å². The molecule has 1 aromatic carbocycles. The van der Waals surface area contributed by atoms with Gasteiger partial charge in [-0.1, -0.05) is 30.3 Å². The average Bonchev–Trinajstić information content (AvgIpc) is 3.34. The first kappa shape index (κ1) is 63.7. The molecule has 0 heterocycles. The number of amides is 8. The van der Waals surface area contributed by atoms with Gasteiger partial charge in [0.05, 0.1) is 55.1 Å². The zero-order chi connectivity index (χ0) is 55.2. The monoisotopic (exact) mass is 1030 g/mol. The number of nitrogens with one attached hydrogen (secondary N) is 12. The van der Waals surface area contributed by atoms with Crippen LogP contribution in [0.4, 0.5) is 0 Å². The predicted molar refractivity (Wildman–Crippen MR) is 252 cm³/mol. The lowest BCUT2D eigenvalue weighted by Gasteiger charge is -2.31. The zero-order valence-electron chi connectivity index (χ0n) is 40.4. The smallest absolute Gasteiger partial charge is 0.259 e. The standard InChI is InChI=1S/C43H66N14O16/c1-22(15-58)46-34(49-25(4)66)40(70)56-37(52-30(19-62)20-63)43(73)55-35(50-27(16-59)10-12-32(44)67)41(71)54-36(51-28(17-60)11-13-33(45)68)42(72)57-38(53-31(21-64)23(2)65)39(69)48-24(3)47-29(18-61)14-26-8-6-5-7-9-26/h5-9,15-19,21-24,27-31,34-38,46-47,50-53,63,65H,10-14,20H2,1-4H3,(H2,44,67)(H2,45,68)(H,48,69)(H,49,66)(H,54,71)(H,55,73)(H,56,70)(H,57,72). The highest BCUT2D eigenvalue weighted by molar-refractivity contribution is 5.96. The molecular weight excluding hydrogens is 969 g/mol. The van der Waals surface area contributed by atoms with E-state index in [1.165, 1.54) is 20.8 Å². The van der Waals surface area contributed by atoms with Gasteiger partial charge in [0.25, 0.3) is 29.5 Å².